The fraction of sp³-hybridized carbons (Fsp3) is 0.900. The van der Waals surface area contributed by atoms with Crippen LogP contribution in [0.5, 0.6) is 0 Å². The number of unbranched alkanes of at least 4 members (excludes halogenated alkanes) is 1. The summed E-state index contributed by atoms with van der Waals surface area (Å²) in [5.41, 5.74) is -0.728. The van der Waals surface area contributed by atoms with E-state index in [-0.39, 0.29) is 61.2 Å². The van der Waals surface area contributed by atoms with Gasteiger partial charge >= 0.3 is 0 Å². The SMILES string of the molecule is C.C.C.C.C.C.CCCCC(C)(C=O)CC(C)(C)C(C)=O.CO. The summed E-state index contributed by atoms with van der Waals surface area (Å²) >= 11 is 0. The molecule has 1 atom stereocenters. The number of ketones is 1. The van der Waals surface area contributed by atoms with Gasteiger partial charge in [-0.15, -0.1) is 0 Å². The van der Waals surface area contributed by atoms with E-state index in [9.17, 15) is 9.59 Å². The second-order valence-corrected chi connectivity index (χ2v) is 5.49. The summed E-state index contributed by atoms with van der Waals surface area (Å²) in [6.07, 6.45) is 4.68. The van der Waals surface area contributed by atoms with E-state index < -0.39 is 0 Å². The van der Waals surface area contributed by atoms with Crippen molar-refractivity contribution in [2.45, 2.75) is 105 Å². The number of carbonyl (C=O) groups is 2. The van der Waals surface area contributed by atoms with Gasteiger partial charge in [-0.2, -0.15) is 0 Å². The van der Waals surface area contributed by atoms with Crippen LogP contribution in [0, 0.1) is 10.8 Å². The monoisotopic (exact) mass is 340 g/mol. The van der Waals surface area contributed by atoms with Gasteiger partial charge in [0.2, 0.25) is 0 Å². The average molecular weight is 341 g/mol. The van der Waals surface area contributed by atoms with Crippen LogP contribution in [0.1, 0.15) is 105 Å². The Labute approximate surface area is 150 Å². The van der Waals surface area contributed by atoms with Crippen molar-refractivity contribution in [3.63, 3.8) is 0 Å². The first-order valence-electron chi connectivity index (χ1n) is 6.19. The lowest BCUT2D eigenvalue weighted by molar-refractivity contribution is -0.128. The maximum absolute atomic E-state index is 11.4. The topological polar surface area (TPSA) is 54.4 Å². The smallest absolute Gasteiger partial charge is 0.135 e. The molecule has 0 aliphatic carbocycles. The molecule has 0 aromatic carbocycles. The molecule has 1 unspecified atom stereocenters. The van der Waals surface area contributed by atoms with Gasteiger partial charge in [0.05, 0.1) is 0 Å². The quantitative estimate of drug-likeness (QED) is 0.518. The first-order valence-corrected chi connectivity index (χ1v) is 6.19. The number of aldehydes is 1. The van der Waals surface area contributed by atoms with Crippen LogP contribution in [-0.2, 0) is 9.59 Å². The standard InChI is InChI=1S/C13H24O2.CH4O.6CH4/c1-6-7-8-13(5,10-14)9-12(3,4)11(2)15;1-2;;;;;;/h10H,6-9H2,1-5H3;2H,1H3;6*1H4. The van der Waals surface area contributed by atoms with E-state index in [0.717, 1.165) is 32.7 Å². The summed E-state index contributed by atoms with van der Waals surface area (Å²) in [5, 5.41) is 7.00. The number of hydrogen-bond donors (Lipinski definition) is 1. The molecule has 0 aliphatic rings. The Hall–Kier alpha value is -0.700. The zero-order valence-corrected chi connectivity index (χ0v) is 12.2. The minimum Gasteiger partial charge on any atom is -0.400 e. The number of aliphatic hydroxyl groups is 1. The number of Topliss-reactive ketones (excluding diaryl/α,β-unsaturated/α-hetero) is 1. The van der Waals surface area contributed by atoms with Gasteiger partial charge in [-0.1, -0.05) is 85.1 Å². The normalized spacial score (nSPS) is 10.6. The van der Waals surface area contributed by atoms with Crippen LogP contribution in [-0.4, -0.2) is 24.3 Å². The molecule has 0 rings (SSSR count). The predicted octanol–water partition coefficient (Wildman–Crippen LogP) is 6.81. The summed E-state index contributed by atoms with van der Waals surface area (Å²) in [5.74, 6) is 0.159. The van der Waals surface area contributed by atoms with Crippen molar-refractivity contribution in [1.29, 1.82) is 0 Å². The Morgan fingerprint density at radius 2 is 1.30 bits per heavy atom. The highest BCUT2D eigenvalue weighted by Crippen LogP contribution is 2.36. The number of aliphatic hydroxyl groups excluding tert-OH is 1. The molecule has 0 spiro atoms. The first-order chi connectivity index (χ1) is 7.77. The lowest BCUT2D eigenvalue weighted by Gasteiger charge is -2.32. The van der Waals surface area contributed by atoms with E-state index in [1.165, 1.54) is 0 Å². The van der Waals surface area contributed by atoms with E-state index in [2.05, 4.69) is 6.92 Å². The van der Waals surface area contributed by atoms with Gasteiger partial charge in [-0.25, -0.2) is 0 Å². The fourth-order valence-electron chi connectivity index (χ4n) is 1.90. The second-order valence-electron chi connectivity index (χ2n) is 5.49. The Morgan fingerprint density at radius 1 is 0.957 bits per heavy atom. The van der Waals surface area contributed by atoms with E-state index >= 15 is 0 Å². The largest absolute Gasteiger partial charge is 0.400 e. The predicted molar refractivity (Wildman–Crippen MR) is 111 cm³/mol. The highest BCUT2D eigenvalue weighted by molar-refractivity contribution is 5.82. The maximum Gasteiger partial charge on any atom is 0.135 e. The molecular weight excluding hydrogens is 288 g/mol. The molecule has 0 saturated carbocycles. The molecule has 0 aromatic heterocycles. The van der Waals surface area contributed by atoms with Gasteiger partial charge in [0.15, 0.2) is 0 Å². The van der Waals surface area contributed by atoms with Crippen molar-refractivity contribution in [2.75, 3.05) is 7.11 Å². The van der Waals surface area contributed by atoms with Crippen LogP contribution in [0.15, 0.2) is 0 Å². The summed E-state index contributed by atoms with van der Waals surface area (Å²) in [4.78, 5) is 22.5. The Morgan fingerprint density at radius 3 is 1.52 bits per heavy atom. The Bertz CT molecular complexity index is 235. The maximum atomic E-state index is 11.4. The first kappa shape index (κ1) is 49.5. The third-order valence-corrected chi connectivity index (χ3v) is 3.18. The minimum absolute atomic E-state index is 0. The number of rotatable bonds is 7. The van der Waals surface area contributed by atoms with Crippen LogP contribution in [0.25, 0.3) is 0 Å². The molecule has 0 aliphatic heterocycles. The molecule has 0 amide bonds. The summed E-state index contributed by atoms with van der Waals surface area (Å²) in [6.45, 7) is 9.51. The van der Waals surface area contributed by atoms with Crippen molar-refractivity contribution >= 4 is 12.1 Å². The van der Waals surface area contributed by atoms with Gasteiger partial charge in [0.1, 0.15) is 12.1 Å². The molecule has 0 radical (unpaired) electrons. The zero-order valence-electron chi connectivity index (χ0n) is 12.2. The van der Waals surface area contributed by atoms with E-state index in [4.69, 9.17) is 5.11 Å². The number of carbonyl (C=O) groups excluding carboxylic acids is 2. The van der Waals surface area contributed by atoms with E-state index in [0.29, 0.717) is 6.42 Å². The fourth-order valence-corrected chi connectivity index (χ4v) is 1.90. The third kappa shape index (κ3) is 21.3. The summed E-state index contributed by atoms with van der Waals surface area (Å²) in [7, 11) is 1.00. The van der Waals surface area contributed by atoms with E-state index in [1.807, 2.05) is 20.8 Å². The van der Waals surface area contributed by atoms with Crippen LogP contribution in [0.3, 0.4) is 0 Å². The molecule has 3 nitrogen and oxygen atoms in total. The molecule has 0 bridgehead atoms. The highest BCUT2D eigenvalue weighted by atomic mass is 16.2. The average Bonchev–Trinajstić information content (AvgIpc) is 2.28. The van der Waals surface area contributed by atoms with Crippen LogP contribution in [0.2, 0.25) is 0 Å². The lowest BCUT2D eigenvalue weighted by Crippen LogP contribution is -2.31. The molecule has 0 aromatic rings. The van der Waals surface area contributed by atoms with Gasteiger partial charge in [0.25, 0.3) is 0 Å². The molecule has 3 heteroatoms. The molecule has 150 valence electrons. The summed E-state index contributed by atoms with van der Waals surface area (Å²) in [6, 6.07) is 0. The lowest BCUT2D eigenvalue weighted by atomic mass is 9.71. The Balaban J connectivity index is -0.0000000449. The minimum atomic E-state index is -0.386. The van der Waals surface area contributed by atoms with Crippen molar-refractivity contribution in [3.05, 3.63) is 0 Å². The van der Waals surface area contributed by atoms with Gasteiger partial charge in [0, 0.05) is 17.9 Å². The van der Waals surface area contributed by atoms with E-state index in [1.54, 1.807) is 6.92 Å². The van der Waals surface area contributed by atoms with Gasteiger partial charge in [-0.05, 0) is 19.8 Å². The molecular formula is C20H52O3. The second kappa shape index (κ2) is 23.6. The van der Waals surface area contributed by atoms with Crippen molar-refractivity contribution in [1.82, 2.24) is 0 Å². The van der Waals surface area contributed by atoms with Gasteiger partial charge in [-0.3, -0.25) is 4.79 Å². The van der Waals surface area contributed by atoms with Crippen LogP contribution >= 0.6 is 0 Å². The molecule has 23 heavy (non-hydrogen) atoms. The summed E-state index contributed by atoms with van der Waals surface area (Å²) < 4.78 is 0. The van der Waals surface area contributed by atoms with Gasteiger partial charge < -0.3 is 9.90 Å². The van der Waals surface area contributed by atoms with Crippen molar-refractivity contribution in [2.24, 2.45) is 10.8 Å². The van der Waals surface area contributed by atoms with Crippen molar-refractivity contribution in [3.8, 4) is 0 Å². The number of hydrogen-bond acceptors (Lipinski definition) is 3. The Kier molecular flexibility index (Phi) is 50.7. The highest BCUT2D eigenvalue weighted by Gasteiger charge is 2.34. The molecule has 0 heterocycles. The van der Waals surface area contributed by atoms with Crippen LogP contribution in [0.4, 0.5) is 0 Å². The molecule has 0 saturated heterocycles. The van der Waals surface area contributed by atoms with Crippen LogP contribution < -0.4 is 0 Å². The third-order valence-electron chi connectivity index (χ3n) is 3.18. The molecule has 0 fully saturated rings. The van der Waals surface area contributed by atoms with Crippen molar-refractivity contribution < 1.29 is 14.7 Å². The molecule has 1 N–H and O–H groups in total. The zero-order chi connectivity index (χ0) is 14.1.